The number of allylic oxidation sites excluding steroid dienone is 26. The van der Waals surface area contributed by atoms with E-state index in [1.165, 1.54) is 50.3 Å². The first kappa shape index (κ1) is 31.2. The van der Waals surface area contributed by atoms with Crippen LogP contribution in [0.4, 0.5) is 0 Å². The highest BCUT2D eigenvalue weighted by atomic mass is 16.5. The zero-order valence-corrected chi connectivity index (χ0v) is 27.6. The van der Waals surface area contributed by atoms with Crippen molar-refractivity contribution in [2.24, 2.45) is 11.3 Å². The number of rotatable bonds is 10. The Kier molecular flexibility index (Phi) is 9.29. The fourth-order valence-corrected chi connectivity index (χ4v) is 7.43. The molecule has 1 aliphatic heterocycles. The summed E-state index contributed by atoms with van der Waals surface area (Å²) in [6.07, 6.45) is 46.7. The molecule has 1 heterocycles. The minimum absolute atomic E-state index is 0.242. The van der Waals surface area contributed by atoms with Gasteiger partial charge < -0.3 is 9.64 Å². The quantitative estimate of drug-likeness (QED) is 0.182. The van der Waals surface area contributed by atoms with Gasteiger partial charge in [-0.1, -0.05) is 129 Å². The second kappa shape index (κ2) is 13.7. The van der Waals surface area contributed by atoms with Gasteiger partial charge in [0.1, 0.15) is 5.76 Å². The predicted molar refractivity (Wildman–Crippen MR) is 194 cm³/mol. The molecule has 6 aliphatic rings. The van der Waals surface area contributed by atoms with Crippen LogP contribution in [0.25, 0.3) is 0 Å². The van der Waals surface area contributed by atoms with Crippen LogP contribution in [0.15, 0.2) is 196 Å². The van der Waals surface area contributed by atoms with E-state index in [-0.39, 0.29) is 11.3 Å². The minimum atomic E-state index is -0.304. The topological polar surface area (TPSA) is 12.5 Å². The van der Waals surface area contributed by atoms with Crippen molar-refractivity contribution in [2.75, 3.05) is 13.6 Å². The van der Waals surface area contributed by atoms with E-state index in [1.54, 1.807) is 0 Å². The molecule has 0 saturated carbocycles. The summed E-state index contributed by atoms with van der Waals surface area (Å²) in [5.41, 5.74) is 15.0. The number of nitrogens with zero attached hydrogens (tertiary/aromatic N) is 1. The Labute approximate surface area is 276 Å². The van der Waals surface area contributed by atoms with Crippen LogP contribution in [-0.4, -0.2) is 18.5 Å². The molecule has 0 saturated heterocycles. The van der Waals surface area contributed by atoms with Crippen molar-refractivity contribution in [1.82, 2.24) is 4.90 Å². The summed E-state index contributed by atoms with van der Waals surface area (Å²) >= 11 is 0. The van der Waals surface area contributed by atoms with Crippen LogP contribution in [0.5, 0.6) is 0 Å². The molecule has 6 rings (SSSR count). The molecule has 0 N–H and O–H groups in total. The van der Waals surface area contributed by atoms with Gasteiger partial charge in [-0.3, -0.25) is 0 Å². The van der Waals surface area contributed by atoms with Crippen molar-refractivity contribution in [2.45, 2.75) is 46.0 Å². The Morgan fingerprint density at radius 2 is 1.98 bits per heavy atom. The van der Waals surface area contributed by atoms with Gasteiger partial charge in [-0.25, -0.2) is 0 Å². The number of hydrogen-bond acceptors (Lipinski definition) is 2. The Morgan fingerprint density at radius 3 is 2.80 bits per heavy atom. The van der Waals surface area contributed by atoms with Crippen LogP contribution < -0.4 is 0 Å². The maximum absolute atomic E-state index is 6.54. The highest BCUT2D eigenvalue weighted by Gasteiger charge is 2.51. The summed E-state index contributed by atoms with van der Waals surface area (Å²) in [4.78, 5) is 2.35. The van der Waals surface area contributed by atoms with Gasteiger partial charge in [0.2, 0.25) is 0 Å². The molecule has 46 heavy (non-hydrogen) atoms. The van der Waals surface area contributed by atoms with Crippen LogP contribution in [0, 0.1) is 11.3 Å². The minimum Gasteiger partial charge on any atom is -0.452 e. The fourth-order valence-electron chi connectivity index (χ4n) is 7.43. The lowest BCUT2D eigenvalue weighted by molar-refractivity contribution is 0.242. The summed E-state index contributed by atoms with van der Waals surface area (Å²) in [5, 5.41) is 0. The molecular formula is C44H45NO. The van der Waals surface area contributed by atoms with Crippen LogP contribution in [0.2, 0.25) is 0 Å². The molecule has 2 heteroatoms. The van der Waals surface area contributed by atoms with Gasteiger partial charge in [0.15, 0.2) is 5.76 Å². The SMILES string of the molecule is C=C/C=C\CC1=CCC2(C3=CC=C=C3OC3=C2C=CC3C)C2=C(C=C1)C=C(C(/C=C\C1=C(N(C)C/C=C\C=C)CCC=C1)=C/C)C2. The maximum atomic E-state index is 6.54. The third-order valence-electron chi connectivity index (χ3n) is 9.82. The number of ether oxygens (including phenoxy) is 1. The van der Waals surface area contributed by atoms with Crippen molar-refractivity contribution in [3.63, 3.8) is 0 Å². The lowest BCUT2D eigenvalue weighted by Gasteiger charge is -2.43. The van der Waals surface area contributed by atoms with Crippen molar-refractivity contribution >= 4 is 0 Å². The van der Waals surface area contributed by atoms with E-state index in [4.69, 9.17) is 4.74 Å². The van der Waals surface area contributed by atoms with Crippen LogP contribution >= 0.6 is 0 Å². The summed E-state index contributed by atoms with van der Waals surface area (Å²) < 4.78 is 6.54. The van der Waals surface area contributed by atoms with Crippen molar-refractivity contribution in [3.8, 4) is 0 Å². The Morgan fingerprint density at radius 1 is 1.13 bits per heavy atom. The molecule has 2 nitrogen and oxygen atoms in total. The van der Waals surface area contributed by atoms with E-state index in [0.717, 1.165) is 50.2 Å². The molecule has 2 unspecified atom stereocenters. The van der Waals surface area contributed by atoms with Gasteiger partial charge in [-0.2, -0.15) is 0 Å². The Balaban J connectivity index is 1.39. The van der Waals surface area contributed by atoms with E-state index in [9.17, 15) is 0 Å². The third kappa shape index (κ3) is 5.82. The van der Waals surface area contributed by atoms with E-state index >= 15 is 0 Å². The molecule has 0 amide bonds. The largest absolute Gasteiger partial charge is 0.452 e. The van der Waals surface area contributed by atoms with Gasteiger partial charge in [-0.15, -0.1) is 0 Å². The molecule has 232 valence electrons. The van der Waals surface area contributed by atoms with E-state index in [1.807, 2.05) is 30.4 Å². The highest BCUT2D eigenvalue weighted by molar-refractivity contribution is 5.68. The molecule has 5 aliphatic carbocycles. The van der Waals surface area contributed by atoms with Gasteiger partial charge in [0.05, 0.1) is 5.41 Å². The number of fused-ring (bicyclic) bond motifs is 4. The zero-order valence-electron chi connectivity index (χ0n) is 27.6. The summed E-state index contributed by atoms with van der Waals surface area (Å²) in [7, 11) is 2.18. The van der Waals surface area contributed by atoms with E-state index < -0.39 is 0 Å². The maximum Gasteiger partial charge on any atom is 0.173 e. The van der Waals surface area contributed by atoms with Crippen LogP contribution in [-0.2, 0) is 4.74 Å². The van der Waals surface area contributed by atoms with Crippen LogP contribution in [0.1, 0.15) is 46.0 Å². The fraction of sp³-hybridized carbons (Fsp3) is 0.250. The Bertz CT molecular complexity index is 1800. The Hall–Kier alpha value is -4.78. The van der Waals surface area contributed by atoms with Crippen molar-refractivity contribution in [1.29, 1.82) is 0 Å². The highest BCUT2D eigenvalue weighted by Crippen LogP contribution is 2.61. The second-order valence-corrected chi connectivity index (χ2v) is 12.6. The normalized spacial score (nSPS) is 25.2. The van der Waals surface area contributed by atoms with Crippen molar-refractivity contribution in [3.05, 3.63) is 196 Å². The lowest BCUT2D eigenvalue weighted by Crippen LogP contribution is -2.33. The van der Waals surface area contributed by atoms with Crippen molar-refractivity contribution < 1.29 is 4.74 Å². The number of likely N-dealkylation sites (N-methyl/N-ethyl adjacent to an activating group) is 1. The van der Waals surface area contributed by atoms with Gasteiger partial charge >= 0.3 is 0 Å². The summed E-state index contributed by atoms with van der Waals surface area (Å²) in [6, 6.07) is 0. The van der Waals surface area contributed by atoms with Crippen LogP contribution in [0.3, 0.4) is 0 Å². The molecule has 0 radical (unpaired) electrons. The zero-order chi connectivity index (χ0) is 32.1. The molecule has 0 aromatic rings. The number of hydrogen-bond donors (Lipinski definition) is 0. The second-order valence-electron chi connectivity index (χ2n) is 12.6. The van der Waals surface area contributed by atoms with E-state index in [2.05, 4.69) is 130 Å². The molecule has 0 fully saturated rings. The average Bonchev–Trinajstić information content (AvgIpc) is 3.81. The van der Waals surface area contributed by atoms with Gasteiger partial charge in [0.25, 0.3) is 0 Å². The first-order valence-electron chi connectivity index (χ1n) is 16.6. The molecule has 0 aromatic heterocycles. The first-order chi connectivity index (χ1) is 22.5. The molecule has 0 aromatic carbocycles. The standard InChI is InChI=1S/C44H45NO/c1-6-9-11-16-33-22-23-36-30-37(34(8-3)24-25-35-17-12-13-19-41(35)45(5)29-14-10-7-2)31-40(36)44(28-27-33)38-18-15-20-42(38)46-43-32(4)21-26-39(43)44/h6-12,14-15,17-18,21-27,30,32H,1-2,13,16,19,28-29,31H2,3-5H3/b11-9-,14-10-,23-22?,25-24-,33-27?,34-8+. The molecule has 0 bridgehead atoms. The third-order valence-corrected chi connectivity index (χ3v) is 9.82. The molecular weight excluding hydrogens is 558 g/mol. The van der Waals surface area contributed by atoms with Gasteiger partial charge in [-0.05, 0) is 84.6 Å². The first-order valence-corrected chi connectivity index (χ1v) is 16.6. The smallest absolute Gasteiger partial charge is 0.173 e. The molecule has 2 atom stereocenters. The monoisotopic (exact) mass is 603 g/mol. The average molecular weight is 604 g/mol. The van der Waals surface area contributed by atoms with Gasteiger partial charge in [0, 0.05) is 36.4 Å². The lowest BCUT2D eigenvalue weighted by atomic mass is 9.62. The van der Waals surface area contributed by atoms with E-state index in [0.29, 0.717) is 0 Å². The predicted octanol–water partition coefficient (Wildman–Crippen LogP) is 10.9. The summed E-state index contributed by atoms with van der Waals surface area (Å²) in [6.45, 7) is 12.9. The summed E-state index contributed by atoms with van der Waals surface area (Å²) in [5.74, 6) is 2.19. The molecule has 1 spiro atoms.